The van der Waals surface area contributed by atoms with E-state index in [2.05, 4.69) is 21.5 Å². The maximum atomic E-state index is 11.2. The quantitative estimate of drug-likeness (QED) is 0.725. The van der Waals surface area contributed by atoms with Crippen molar-refractivity contribution in [2.75, 3.05) is 31.7 Å². The monoisotopic (exact) mass is 312 g/mol. The first kappa shape index (κ1) is 16.2. The minimum absolute atomic E-state index is 0.185. The van der Waals surface area contributed by atoms with Gasteiger partial charge in [0.2, 0.25) is 0 Å². The molecule has 1 atom stereocenters. The molecule has 0 spiro atoms. The number of carbonyl (C=O) groups is 1. The fourth-order valence-electron chi connectivity index (χ4n) is 2.42. The van der Waals surface area contributed by atoms with Gasteiger partial charge in [-0.25, -0.2) is 4.98 Å². The second kappa shape index (κ2) is 8.34. The predicted octanol–water partition coefficient (Wildman–Crippen LogP) is 2.64. The van der Waals surface area contributed by atoms with Crippen molar-refractivity contribution in [3.63, 3.8) is 0 Å². The zero-order chi connectivity index (χ0) is 15.1. The molecule has 0 saturated carbocycles. The smallest absolute Gasteiger partial charge is 0.305 e. The Hall–Kier alpha value is -1.14. The second-order valence-electron chi connectivity index (χ2n) is 5.28. The Labute approximate surface area is 130 Å². The number of piperidine rings is 1. The largest absolute Gasteiger partial charge is 0.469 e. The number of aryl methyl sites for hydroxylation is 1. The SMILES string of the molecule is CCCOC1CCCN(c2nc(CCC(=O)OC)cs2)C1. The summed E-state index contributed by atoms with van der Waals surface area (Å²) in [6.07, 6.45) is 4.70. The lowest BCUT2D eigenvalue weighted by atomic mass is 10.1. The van der Waals surface area contributed by atoms with Gasteiger partial charge < -0.3 is 14.4 Å². The van der Waals surface area contributed by atoms with Crippen molar-refractivity contribution in [1.82, 2.24) is 4.98 Å². The third-order valence-corrected chi connectivity index (χ3v) is 4.51. The van der Waals surface area contributed by atoms with Gasteiger partial charge in [-0.1, -0.05) is 6.92 Å². The van der Waals surface area contributed by atoms with E-state index in [0.29, 0.717) is 18.9 Å². The van der Waals surface area contributed by atoms with Crippen LogP contribution in [0.25, 0.3) is 0 Å². The summed E-state index contributed by atoms with van der Waals surface area (Å²) in [6.45, 7) is 4.93. The summed E-state index contributed by atoms with van der Waals surface area (Å²) in [5, 5.41) is 3.08. The Kier molecular flexibility index (Phi) is 6.45. The van der Waals surface area contributed by atoms with Gasteiger partial charge in [0.25, 0.3) is 0 Å². The number of esters is 1. The van der Waals surface area contributed by atoms with Gasteiger partial charge in [0.15, 0.2) is 5.13 Å². The molecule has 1 aromatic rings. The zero-order valence-corrected chi connectivity index (χ0v) is 13.7. The summed E-state index contributed by atoms with van der Waals surface area (Å²) in [5.74, 6) is -0.185. The van der Waals surface area contributed by atoms with Crippen LogP contribution >= 0.6 is 11.3 Å². The first-order valence-corrected chi connectivity index (χ1v) is 8.48. The van der Waals surface area contributed by atoms with E-state index in [0.717, 1.165) is 49.8 Å². The second-order valence-corrected chi connectivity index (χ2v) is 6.12. The van der Waals surface area contributed by atoms with Crippen LogP contribution < -0.4 is 4.90 Å². The predicted molar refractivity (Wildman–Crippen MR) is 83.9 cm³/mol. The van der Waals surface area contributed by atoms with Crippen molar-refractivity contribution in [2.24, 2.45) is 0 Å². The lowest BCUT2D eigenvalue weighted by Crippen LogP contribution is -2.39. The van der Waals surface area contributed by atoms with E-state index >= 15 is 0 Å². The Bertz CT molecular complexity index is 450. The molecule has 0 amide bonds. The van der Waals surface area contributed by atoms with Crippen LogP contribution in [-0.4, -0.2) is 43.9 Å². The lowest BCUT2D eigenvalue weighted by Gasteiger charge is -2.32. The van der Waals surface area contributed by atoms with E-state index in [9.17, 15) is 4.79 Å². The highest BCUT2D eigenvalue weighted by molar-refractivity contribution is 7.13. The van der Waals surface area contributed by atoms with Crippen LogP contribution in [0.3, 0.4) is 0 Å². The molecule has 118 valence electrons. The third kappa shape index (κ3) is 4.97. The molecule has 1 aliphatic rings. The summed E-state index contributed by atoms with van der Waals surface area (Å²) in [7, 11) is 1.42. The maximum Gasteiger partial charge on any atom is 0.305 e. The summed E-state index contributed by atoms with van der Waals surface area (Å²) >= 11 is 1.65. The first-order valence-electron chi connectivity index (χ1n) is 7.60. The molecule has 1 fully saturated rings. The van der Waals surface area contributed by atoms with E-state index < -0.39 is 0 Å². The molecule has 1 aliphatic heterocycles. The molecular formula is C15H24N2O3S. The molecule has 1 aromatic heterocycles. The minimum atomic E-state index is -0.185. The minimum Gasteiger partial charge on any atom is -0.469 e. The summed E-state index contributed by atoms with van der Waals surface area (Å²) in [4.78, 5) is 18.1. The molecule has 0 radical (unpaired) electrons. The fourth-order valence-corrected chi connectivity index (χ4v) is 3.32. The molecule has 0 aliphatic carbocycles. The number of nitrogens with zero attached hydrogens (tertiary/aromatic N) is 2. The lowest BCUT2D eigenvalue weighted by molar-refractivity contribution is -0.140. The zero-order valence-electron chi connectivity index (χ0n) is 12.8. The number of methoxy groups -OCH3 is 1. The molecule has 0 N–H and O–H groups in total. The number of aromatic nitrogens is 1. The van der Waals surface area contributed by atoms with Crippen molar-refractivity contribution >= 4 is 22.4 Å². The van der Waals surface area contributed by atoms with Crippen molar-refractivity contribution < 1.29 is 14.3 Å². The van der Waals surface area contributed by atoms with E-state index in [1.165, 1.54) is 7.11 Å². The number of hydrogen-bond acceptors (Lipinski definition) is 6. The summed E-state index contributed by atoms with van der Waals surface area (Å²) in [6, 6.07) is 0. The van der Waals surface area contributed by atoms with Crippen LogP contribution in [0.2, 0.25) is 0 Å². The van der Waals surface area contributed by atoms with Crippen LogP contribution in [-0.2, 0) is 20.7 Å². The van der Waals surface area contributed by atoms with Crippen LogP contribution in [0, 0.1) is 0 Å². The molecule has 0 aromatic carbocycles. The summed E-state index contributed by atoms with van der Waals surface area (Å²) in [5.41, 5.74) is 0.969. The number of anilines is 1. The van der Waals surface area contributed by atoms with Crippen molar-refractivity contribution in [2.45, 2.75) is 45.1 Å². The van der Waals surface area contributed by atoms with E-state index in [-0.39, 0.29) is 5.97 Å². The fraction of sp³-hybridized carbons (Fsp3) is 0.733. The standard InChI is InChI=1S/C15H24N2O3S/c1-3-9-20-13-5-4-8-17(10-13)15-16-12(11-21-15)6-7-14(18)19-2/h11,13H,3-10H2,1-2H3. The van der Waals surface area contributed by atoms with Gasteiger partial charge in [0.05, 0.1) is 25.3 Å². The van der Waals surface area contributed by atoms with Crippen molar-refractivity contribution in [3.8, 4) is 0 Å². The van der Waals surface area contributed by atoms with Gasteiger partial charge in [0.1, 0.15) is 0 Å². The molecule has 2 rings (SSSR count). The normalized spacial score (nSPS) is 18.8. The Morgan fingerprint density at radius 1 is 1.57 bits per heavy atom. The van der Waals surface area contributed by atoms with Gasteiger partial charge >= 0.3 is 5.97 Å². The molecule has 1 unspecified atom stereocenters. The molecule has 2 heterocycles. The third-order valence-electron chi connectivity index (χ3n) is 3.56. The van der Waals surface area contributed by atoms with Crippen LogP contribution in [0.5, 0.6) is 0 Å². The number of hydrogen-bond donors (Lipinski definition) is 0. The topological polar surface area (TPSA) is 51.7 Å². The molecule has 6 heteroatoms. The Morgan fingerprint density at radius 2 is 2.43 bits per heavy atom. The van der Waals surface area contributed by atoms with E-state index in [4.69, 9.17) is 4.74 Å². The van der Waals surface area contributed by atoms with Crippen molar-refractivity contribution in [3.05, 3.63) is 11.1 Å². The molecule has 0 bridgehead atoms. The number of rotatable bonds is 7. The van der Waals surface area contributed by atoms with Gasteiger partial charge in [-0.15, -0.1) is 11.3 Å². The average molecular weight is 312 g/mol. The van der Waals surface area contributed by atoms with Crippen molar-refractivity contribution in [1.29, 1.82) is 0 Å². The average Bonchev–Trinajstić information content (AvgIpc) is 3.00. The highest BCUT2D eigenvalue weighted by atomic mass is 32.1. The highest BCUT2D eigenvalue weighted by Crippen LogP contribution is 2.25. The van der Waals surface area contributed by atoms with Crippen LogP contribution in [0.1, 0.15) is 38.3 Å². The number of carbonyl (C=O) groups excluding carboxylic acids is 1. The van der Waals surface area contributed by atoms with E-state index in [1.54, 1.807) is 11.3 Å². The van der Waals surface area contributed by atoms with E-state index in [1.807, 2.05) is 5.38 Å². The first-order chi connectivity index (χ1) is 10.2. The number of thiazole rings is 1. The number of ether oxygens (including phenoxy) is 2. The van der Waals surface area contributed by atoms with Crippen LogP contribution in [0.15, 0.2) is 5.38 Å². The highest BCUT2D eigenvalue weighted by Gasteiger charge is 2.22. The van der Waals surface area contributed by atoms with Crippen LogP contribution in [0.4, 0.5) is 5.13 Å². The van der Waals surface area contributed by atoms with Gasteiger partial charge in [0, 0.05) is 31.5 Å². The van der Waals surface area contributed by atoms with Gasteiger partial charge in [-0.2, -0.15) is 0 Å². The van der Waals surface area contributed by atoms with Gasteiger partial charge in [-0.05, 0) is 19.3 Å². The summed E-state index contributed by atoms with van der Waals surface area (Å²) < 4.78 is 10.5. The molecule has 1 saturated heterocycles. The Balaban J connectivity index is 1.86. The van der Waals surface area contributed by atoms with Gasteiger partial charge in [-0.3, -0.25) is 4.79 Å². The maximum absolute atomic E-state index is 11.2. The molecule has 21 heavy (non-hydrogen) atoms. The molecule has 5 nitrogen and oxygen atoms in total. The molecular weight excluding hydrogens is 288 g/mol. The Morgan fingerprint density at radius 3 is 3.19 bits per heavy atom.